The van der Waals surface area contributed by atoms with Crippen LogP contribution in [0.25, 0.3) is 5.52 Å². The molecule has 0 spiro atoms. The fourth-order valence-electron chi connectivity index (χ4n) is 5.42. The third-order valence-electron chi connectivity index (χ3n) is 6.91. The second kappa shape index (κ2) is 8.07. The van der Waals surface area contributed by atoms with Gasteiger partial charge in [0.2, 0.25) is 0 Å². The maximum Gasteiger partial charge on any atom is 0.0902 e. The molecule has 3 aromatic heterocycles. The Balaban J connectivity index is 1.17. The zero-order valence-corrected chi connectivity index (χ0v) is 17.8. The van der Waals surface area contributed by atoms with E-state index in [0.717, 1.165) is 45.1 Å². The fraction of sp³-hybridized carbons (Fsp3) is 0.417. The molecule has 160 valence electrons. The number of anilines is 1. The van der Waals surface area contributed by atoms with Crippen molar-refractivity contribution in [3.63, 3.8) is 0 Å². The summed E-state index contributed by atoms with van der Waals surface area (Å²) < 4.78 is 1.98. The maximum absolute atomic E-state index is 4.55. The van der Waals surface area contributed by atoms with Gasteiger partial charge in [0.1, 0.15) is 0 Å². The third-order valence-corrected chi connectivity index (χ3v) is 6.91. The summed E-state index contributed by atoms with van der Waals surface area (Å²) in [5, 5.41) is 7.95. The van der Waals surface area contributed by atoms with Gasteiger partial charge >= 0.3 is 0 Å². The normalized spacial score (nSPS) is 24.3. The number of pyridine rings is 2. The third kappa shape index (κ3) is 3.73. The number of rotatable bonds is 5. The lowest BCUT2D eigenvalue weighted by atomic mass is 10.1. The highest BCUT2D eigenvalue weighted by atomic mass is 15.3. The Morgan fingerprint density at radius 3 is 2.71 bits per heavy atom. The molecule has 6 rings (SSSR count). The van der Waals surface area contributed by atoms with Gasteiger partial charge in [-0.15, -0.1) is 0 Å². The molecule has 0 amide bonds. The highest BCUT2D eigenvalue weighted by Crippen LogP contribution is 2.32. The van der Waals surface area contributed by atoms with E-state index in [0.29, 0.717) is 12.1 Å². The molecule has 2 atom stereocenters. The van der Waals surface area contributed by atoms with Crippen molar-refractivity contribution in [1.29, 1.82) is 0 Å². The van der Waals surface area contributed by atoms with Crippen molar-refractivity contribution >= 4 is 11.2 Å². The number of piperazine rings is 1. The van der Waals surface area contributed by atoms with Crippen LogP contribution in [-0.4, -0.2) is 62.8 Å². The minimum absolute atomic E-state index is 0.651. The van der Waals surface area contributed by atoms with Gasteiger partial charge < -0.3 is 4.90 Å². The van der Waals surface area contributed by atoms with Gasteiger partial charge in [0, 0.05) is 69.6 Å². The molecule has 0 radical (unpaired) electrons. The first-order chi connectivity index (χ1) is 15.3. The molecular weight excluding hydrogens is 386 g/mol. The molecule has 0 aromatic carbocycles. The van der Waals surface area contributed by atoms with E-state index in [4.69, 9.17) is 0 Å². The Morgan fingerprint density at radius 2 is 1.94 bits per heavy atom. The second-order valence-electron chi connectivity index (χ2n) is 8.97. The summed E-state index contributed by atoms with van der Waals surface area (Å²) in [4.78, 5) is 11.9. The highest BCUT2D eigenvalue weighted by Gasteiger charge is 2.39. The van der Waals surface area contributed by atoms with Crippen LogP contribution < -0.4 is 10.2 Å². The first-order valence-corrected chi connectivity index (χ1v) is 11.3. The smallest absolute Gasteiger partial charge is 0.0902 e. The van der Waals surface area contributed by atoms with E-state index in [-0.39, 0.29) is 0 Å². The Kier molecular flexibility index (Phi) is 4.94. The molecule has 6 heterocycles. The van der Waals surface area contributed by atoms with Gasteiger partial charge in [0.25, 0.3) is 0 Å². The van der Waals surface area contributed by atoms with Crippen LogP contribution in [0, 0.1) is 0 Å². The molecular formula is C24H29N7. The summed E-state index contributed by atoms with van der Waals surface area (Å²) in [6, 6.07) is 10.1. The van der Waals surface area contributed by atoms with Crippen LogP contribution in [0.3, 0.4) is 0 Å². The van der Waals surface area contributed by atoms with Crippen molar-refractivity contribution in [2.24, 2.45) is 0 Å². The van der Waals surface area contributed by atoms with Crippen molar-refractivity contribution < 1.29 is 0 Å². The quantitative estimate of drug-likeness (QED) is 0.691. The number of nitrogens with one attached hydrogen (secondary N) is 1. The van der Waals surface area contributed by atoms with Crippen molar-refractivity contribution in [2.45, 2.75) is 38.0 Å². The van der Waals surface area contributed by atoms with Crippen LogP contribution in [0.1, 0.15) is 24.0 Å². The molecule has 7 heteroatoms. The van der Waals surface area contributed by atoms with Crippen molar-refractivity contribution in [3.8, 4) is 0 Å². The lowest BCUT2D eigenvalue weighted by Crippen LogP contribution is -2.52. The monoisotopic (exact) mass is 415 g/mol. The summed E-state index contributed by atoms with van der Waals surface area (Å²) in [6.07, 6.45) is 14.9. The van der Waals surface area contributed by atoms with Crippen LogP contribution in [0.4, 0.5) is 5.69 Å². The van der Waals surface area contributed by atoms with Crippen LogP contribution in [0.15, 0.2) is 61.3 Å². The molecule has 3 aliphatic heterocycles. The van der Waals surface area contributed by atoms with Crippen molar-refractivity contribution in [3.05, 3.63) is 72.5 Å². The van der Waals surface area contributed by atoms with Gasteiger partial charge in [-0.05, 0) is 42.2 Å². The van der Waals surface area contributed by atoms with Crippen LogP contribution in [0.5, 0.6) is 0 Å². The molecule has 3 aromatic rings. The Hall–Kier alpha value is -2.74. The zero-order valence-electron chi connectivity index (χ0n) is 17.8. The summed E-state index contributed by atoms with van der Waals surface area (Å²) >= 11 is 0. The summed E-state index contributed by atoms with van der Waals surface area (Å²) in [5.41, 5.74) is 5.02. The number of hydrogen-bond donors (Lipinski definition) is 1. The van der Waals surface area contributed by atoms with Gasteiger partial charge in [-0.3, -0.25) is 20.1 Å². The minimum Gasteiger partial charge on any atom is -0.332 e. The molecule has 31 heavy (non-hydrogen) atoms. The number of nitrogens with zero attached hydrogens (tertiary/aromatic N) is 6. The first kappa shape index (κ1) is 19.0. The topological polar surface area (TPSA) is 51.9 Å². The summed E-state index contributed by atoms with van der Waals surface area (Å²) in [5.74, 6) is 0. The Bertz CT molecular complexity index is 1060. The molecule has 2 saturated heterocycles. The SMILES string of the molecule is C1=CN(c2cnn3ccc(CN4C[C@H]5CC[C@@H](C4)N5Cc4cccnc4)cc23)CNC1. The van der Waals surface area contributed by atoms with Crippen LogP contribution in [-0.2, 0) is 13.1 Å². The number of hydrogen-bond acceptors (Lipinski definition) is 6. The summed E-state index contributed by atoms with van der Waals surface area (Å²) in [6.45, 7) is 6.07. The van der Waals surface area contributed by atoms with E-state index < -0.39 is 0 Å². The van der Waals surface area contributed by atoms with Gasteiger partial charge in [0.15, 0.2) is 0 Å². The van der Waals surface area contributed by atoms with E-state index in [2.05, 4.69) is 66.8 Å². The highest BCUT2D eigenvalue weighted by molar-refractivity contribution is 5.74. The Labute approximate surface area is 183 Å². The van der Waals surface area contributed by atoms with Crippen LogP contribution >= 0.6 is 0 Å². The predicted octanol–water partition coefficient (Wildman–Crippen LogP) is 2.46. The molecule has 0 aliphatic carbocycles. The lowest BCUT2D eigenvalue weighted by molar-refractivity contribution is 0.0566. The molecule has 1 N–H and O–H groups in total. The van der Waals surface area contributed by atoms with Gasteiger partial charge in [-0.25, -0.2) is 4.52 Å². The van der Waals surface area contributed by atoms with Crippen LogP contribution in [0.2, 0.25) is 0 Å². The average molecular weight is 416 g/mol. The van der Waals surface area contributed by atoms with E-state index in [1.807, 2.05) is 29.2 Å². The lowest BCUT2D eigenvalue weighted by Gasteiger charge is -2.41. The molecule has 2 fully saturated rings. The van der Waals surface area contributed by atoms with Gasteiger partial charge in [0.05, 0.1) is 24.1 Å². The van der Waals surface area contributed by atoms with E-state index in [1.165, 1.54) is 29.5 Å². The zero-order chi connectivity index (χ0) is 20.6. The van der Waals surface area contributed by atoms with Gasteiger partial charge in [-0.1, -0.05) is 12.1 Å². The standard InChI is InChI=1S/C24H29N7/c1-3-20(12-25-7-1)15-30-21-4-5-22(30)17-28(16-21)14-19-6-10-31-23(11-19)24(13-27-31)29-9-2-8-26-18-29/h1-3,6-7,9-13,21-22,26H,4-5,8,14-18H2/t21-,22+. The molecule has 3 aliphatic rings. The predicted molar refractivity (Wildman–Crippen MR) is 122 cm³/mol. The molecule has 0 saturated carbocycles. The van der Waals surface area contributed by atoms with E-state index >= 15 is 0 Å². The molecule has 0 unspecified atom stereocenters. The molecule has 2 bridgehead atoms. The largest absolute Gasteiger partial charge is 0.332 e. The van der Waals surface area contributed by atoms with Crippen molar-refractivity contribution in [1.82, 2.24) is 29.7 Å². The van der Waals surface area contributed by atoms with Gasteiger partial charge in [-0.2, -0.15) is 5.10 Å². The number of aromatic nitrogens is 3. The van der Waals surface area contributed by atoms with E-state index in [9.17, 15) is 0 Å². The Morgan fingerprint density at radius 1 is 1.03 bits per heavy atom. The van der Waals surface area contributed by atoms with Crippen molar-refractivity contribution in [2.75, 3.05) is 31.2 Å². The summed E-state index contributed by atoms with van der Waals surface area (Å²) in [7, 11) is 0. The fourth-order valence-corrected chi connectivity index (χ4v) is 5.42. The average Bonchev–Trinajstić information content (AvgIpc) is 3.32. The number of likely N-dealkylation sites (tertiary alicyclic amines) is 1. The first-order valence-electron chi connectivity index (χ1n) is 11.3. The van der Waals surface area contributed by atoms with E-state index in [1.54, 1.807) is 0 Å². The second-order valence-corrected chi connectivity index (χ2v) is 8.97. The number of fused-ring (bicyclic) bond motifs is 3. The molecule has 7 nitrogen and oxygen atoms in total. The maximum atomic E-state index is 4.55. The minimum atomic E-state index is 0.651.